The number of carbonyl (C=O) groups is 1. The van der Waals surface area contributed by atoms with E-state index in [2.05, 4.69) is 31.9 Å². The van der Waals surface area contributed by atoms with Crippen LogP contribution in [0.1, 0.15) is 36.0 Å². The molecule has 1 rings (SSSR count). The number of hydrogen-bond donors (Lipinski definition) is 0. The monoisotopic (exact) mass is 406 g/mol. The molecule has 20 heavy (non-hydrogen) atoms. The zero-order valence-electron chi connectivity index (χ0n) is 11.4. The molecule has 0 spiro atoms. The molecule has 0 aliphatic heterocycles. The Morgan fingerprint density at radius 1 is 0.850 bits per heavy atom. The van der Waals surface area contributed by atoms with Crippen LogP contribution in [0.15, 0.2) is 18.2 Å². The lowest BCUT2D eigenvalue weighted by Gasteiger charge is -2.10. The zero-order chi connectivity index (χ0) is 14.6. The van der Waals surface area contributed by atoms with Gasteiger partial charge in [0.15, 0.2) is 0 Å². The minimum absolute atomic E-state index is 0.582. The molecule has 0 amide bonds. The summed E-state index contributed by atoms with van der Waals surface area (Å²) in [6, 6.07) is 5.33. The van der Waals surface area contributed by atoms with E-state index in [-0.39, 0.29) is 0 Å². The second-order valence-electron chi connectivity index (χ2n) is 4.34. The Labute approximate surface area is 137 Å². The summed E-state index contributed by atoms with van der Waals surface area (Å²) in [6.07, 6.45) is 4.93. The highest BCUT2D eigenvalue weighted by molar-refractivity contribution is 9.09. The maximum absolute atomic E-state index is 10.9. The van der Waals surface area contributed by atoms with Gasteiger partial charge in [-0.25, -0.2) is 0 Å². The molecule has 0 radical (unpaired) electrons. The first-order valence-corrected chi connectivity index (χ1v) is 9.02. The second-order valence-corrected chi connectivity index (χ2v) is 5.93. The van der Waals surface area contributed by atoms with Gasteiger partial charge in [-0.05, 0) is 37.8 Å². The molecule has 0 bridgehead atoms. The topological polar surface area (TPSA) is 35.5 Å². The van der Waals surface area contributed by atoms with Crippen LogP contribution >= 0.6 is 31.9 Å². The summed E-state index contributed by atoms with van der Waals surface area (Å²) in [5, 5.41) is 1.96. The van der Waals surface area contributed by atoms with Gasteiger partial charge < -0.3 is 9.47 Å². The van der Waals surface area contributed by atoms with Crippen LogP contribution in [0.3, 0.4) is 0 Å². The summed E-state index contributed by atoms with van der Waals surface area (Å²) >= 11 is 6.77. The summed E-state index contributed by atoms with van der Waals surface area (Å²) in [4.78, 5) is 10.9. The van der Waals surface area contributed by atoms with Crippen LogP contribution in [0.5, 0.6) is 11.5 Å². The number of carbonyl (C=O) groups excluding carboxylic acids is 1. The summed E-state index contributed by atoms with van der Waals surface area (Å²) in [5.41, 5.74) is 0.582. The van der Waals surface area contributed by atoms with Gasteiger partial charge in [-0.2, -0.15) is 0 Å². The molecule has 0 heterocycles. The Morgan fingerprint density at radius 2 is 1.35 bits per heavy atom. The highest BCUT2D eigenvalue weighted by Gasteiger charge is 2.03. The molecule has 1 aromatic rings. The quantitative estimate of drug-likeness (QED) is 0.305. The van der Waals surface area contributed by atoms with Gasteiger partial charge in [-0.1, -0.05) is 31.9 Å². The number of alkyl halides is 2. The number of benzene rings is 1. The van der Waals surface area contributed by atoms with Crippen molar-refractivity contribution in [2.24, 2.45) is 0 Å². The van der Waals surface area contributed by atoms with Crippen LogP contribution < -0.4 is 9.47 Å². The number of hydrogen-bond acceptors (Lipinski definition) is 3. The largest absolute Gasteiger partial charge is 0.493 e. The predicted octanol–water partition coefficient (Wildman–Crippen LogP) is 4.61. The van der Waals surface area contributed by atoms with Gasteiger partial charge in [-0.3, -0.25) is 4.79 Å². The van der Waals surface area contributed by atoms with Crippen molar-refractivity contribution in [3.8, 4) is 11.5 Å². The maximum atomic E-state index is 10.9. The molecule has 0 aromatic heterocycles. The lowest BCUT2D eigenvalue weighted by molar-refractivity contribution is 0.112. The average Bonchev–Trinajstić information content (AvgIpc) is 2.48. The van der Waals surface area contributed by atoms with Crippen molar-refractivity contribution >= 4 is 38.1 Å². The summed E-state index contributed by atoms with van der Waals surface area (Å²) in [5.74, 6) is 1.39. The zero-order valence-corrected chi connectivity index (χ0v) is 14.6. The second kappa shape index (κ2) is 11.1. The van der Waals surface area contributed by atoms with E-state index in [4.69, 9.17) is 9.47 Å². The van der Waals surface area contributed by atoms with Crippen molar-refractivity contribution in [1.82, 2.24) is 0 Å². The minimum Gasteiger partial charge on any atom is -0.493 e. The molecule has 112 valence electrons. The van der Waals surface area contributed by atoms with E-state index >= 15 is 0 Å². The normalized spacial score (nSPS) is 10.3. The molecule has 0 fully saturated rings. The number of ether oxygens (including phenoxy) is 2. The Bertz CT molecular complexity index is 366. The third-order valence-electron chi connectivity index (χ3n) is 2.63. The van der Waals surface area contributed by atoms with Crippen LogP contribution in [-0.2, 0) is 0 Å². The van der Waals surface area contributed by atoms with Crippen LogP contribution in [0.2, 0.25) is 0 Å². The van der Waals surface area contributed by atoms with Gasteiger partial charge in [0.1, 0.15) is 17.8 Å². The molecule has 0 aliphatic carbocycles. The standard InChI is InChI=1S/C15H20Br2O3/c16-5-1-3-7-19-14-9-13(12-18)10-15(11-14)20-8-4-2-6-17/h9-12H,1-8H2. The van der Waals surface area contributed by atoms with Crippen molar-refractivity contribution in [2.45, 2.75) is 25.7 Å². The van der Waals surface area contributed by atoms with E-state index in [0.717, 1.165) is 42.6 Å². The van der Waals surface area contributed by atoms with E-state index in [0.29, 0.717) is 30.3 Å². The highest BCUT2D eigenvalue weighted by atomic mass is 79.9. The van der Waals surface area contributed by atoms with Gasteiger partial charge >= 0.3 is 0 Å². The molecule has 1 aromatic carbocycles. The maximum Gasteiger partial charge on any atom is 0.150 e. The fourth-order valence-electron chi connectivity index (χ4n) is 1.60. The van der Waals surface area contributed by atoms with Crippen molar-refractivity contribution < 1.29 is 14.3 Å². The molecular weight excluding hydrogens is 388 g/mol. The van der Waals surface area contributed by atoms with Crippen LogP contribution in [0, 0.1) is 0 Å². The van der Waals surface area contributed by atoms with Gasteiger partial charge in [0.2, 0.25) is 0 Å². The van der Waals surface area contributed by atoms with Crippen LogP contribution in [0.25, 0.3) is 0 Å². The van der Waals surface area contributed by atoms with Crippen molar-refractivity contribution in [3.63, 3.8) is 0 Å². The van der Waals surface area contributed by atoms with Crippen molar-refractivity contribution in [3.05, 3.63) is 23.8 Å². The molecule has 5 heteroatoms. The highest BCUT2D eigenvalue weighted by Crippen LogP contribution is 2.23. The fraction of sp³-hybridized carbons (Fsp3) is 0.533. The van der Waals surface area contributed by atoms with Crippen LogP contribution in [0.4, 0.5) is 0 Å². The Kier molecular flexibility index (Phi) is 9.75. The van der Waals surface area contributed by atoms with Gasteiger partial charge in [0.05, 0.1) is 13.2 Å². The first-order valence-electron chi connectivity index (χ1n) is 6.78. The molecule has 3 nitrogen and oxygen atoms in total. The SMILES string of the molecule is O=Cc1cc(OCCCCBr)cc(OCCCCBr)c1. The molecule has 0 N–H and O–H groups in total. The summed E-state index contributed by atoms with van der Waals surface area (Å²) in [7, 11) is 0. The Morgan fingerprint density at radius 3 is 1.75 bits per heavy atom. The number of aldehydes is 1. The van der Waals surface area contributed by atoms with E-state index in [1.165, 1.54) is 0 Å². The smallest absolute Gasteiger partial charge is 0.150 e. The molecule has 0 saturated heterocycles. The minimum atomic E-state index is 0.582. The van der Waals surface area contributed by atoms with Gasteiger partial charge in [0, 0.05) is 22.3 Å². The van der Waals surface area contributed by atoms with Gasteiger partial charge in [-0.15, -0.1) is 0 Å². The van der Waals surface area contributed by atoms with Crippen LogP contribution in [-0.4, -0.2) is 30.2 Å². The lowest BCUT2D eigenvalue weighted by atomic mass is 10.2. The third kappa shape index (κ3) is 7.29. The fourth-order valence-corrected chi connectivity index (χ4v) is 2.39. The predicted molar refractivity (Wildman–Crippen MR) is 88.9 cm³/mol. The Hall–Kier alpha value is -0.550. The summed E-state index contributed by atoms with van der Waals surface area (Å²) in [6.45, 7) is 1.30. The van der Waals surface area contributed by atoms with Gasteiger partial charge in [0.25, 0.3) is 0 Å². The van der Waals surface area contributed by atoms with E-state index < -0.39 is 0 Å². The molecule has 0 atom stereocenters. The first kappa shape index (κ1) is 17.5. The summed E-state index contributed by atoms with van der Waals surface area (Å²) < 4.78 is 11.3. The lowest BCUT2D eigenvalue weighted by Crippen LogP contribution is -2.01. The molecule has 0 saturated carbocycles. The van der Waals surface area contributed by atoms with E-state index in [1.807, 2.05) is 6.07 Å². The van der Waals surface area contributed by atoms with Crippen molar-refractivity contribution in [2.75, 3.05) is 23.9 Å². The van der Waals surface area contributed by atoms with E-state index in [1.54, 1.807) is 12.1 Å². The average molecular weight is 408 g/mol. The number of rotatable bonds is 11. The first-order chi connectivity index (χ1) is 9.80. The third-order valence-corrected chi connectivity index (χ3v) is 3.75. The van der Waals surface area contributed by atoms with E-state index in [9.17, 15) is 4.79 Å². The molecule has 0 unspecified atom stereocenters. The molecule has 0 aliphatic rings. The number of halogens is 2. The molecular formula is C15H20Br2O3. The Balaban J connectivity index is 2.53. The number of unbranched alkanes of at least 4 members (excludes halogenated alkanes) is 2. The van der Waals surface area contributed by atoms with Crippen molar-refractivity contribution in [1.29, 1.82) is 0 Å².